The molecule has 2 heterocycles. The fourth-order valence-corrected chi connectivity index (χ4v) is 2.92. The second-order valence-electron chi connectivity index (χ2n) is 6.09. The summed E-state index contributed by atoms with van der Waals surface area (Å²) in [6, 6.07) is 0.712. The van der Waals surface area contributed by atoms with Crippen LogP contribution in [0, 0.1) is 11.3 Å². The molecule has 2 aliphatic rings. The Kier molecular flexibility index (Phi) is 3.36. The van der Waals surface area contributed by atoms with Gasteiger partial charge in [0.05, 0.1) is 0 Å². The van der Waals surface area contributed by atoms with E-state index in [4.69, 9.17) is 0 Å². The average molecular weight is 210 g/mol. The third-order valence-electron chi connectivity index (χ3n) is 4.38. The van der Waals surface area contributed by atoms with E-state index in [2.05, 4.69) is 31.0 Å². The van der Waals surface area contributed by atoms with E-state index in [1.54, 1.807) is 0 Å². The molecule has 2 rings (SSSR count). The van der Waals surface area contributed by atoms with Crippen LogP contribution in [0.4, 0.5) is 0 Å². The van der Waals surface area contributed by atoms with Crippen LogP contribution in [0.1, 0.15) is 40.0 Å². The molecule has 15 heavy (non-hydrogen) atoms. The summed E-state index contributed by atoms with van der Waals surface area (Å²) in [5, 5.41) is 3.70. The number of likely N-dealkylation sites (tertiary alicyclic amines) is 1. The van der Waals surface area contributed by atoms with E-state index < -0.39 is 0 Å². The highest BCUT2D eigenvalue weighted by molar-refractivity contribution is 4.92. The standard InChI is InChI=1S/C13H26N2/c1-4-11-8-15(9-11)10-12-13(2,3)6-5-7-14-12/h11-12,14H,4-10H2,1-3H3. The first-order valence-corrected chi connectivity index (χ1v) is 6.57. The van der Waals surface area contributed by atoms with Gasteiger partial charge in [-0.1, -0.05) is 27.2 Å². The predicted octanol–water partition coefficient (Wildman–Crippen LogP) is 2.11. The number of piperidine rings is 1. The topological polar surface area (TPSA) is 15.3 Å². The van der Waals surface area contributed by atoms with E-state index in [1.807, 2.05) is 0 Å². The van der Waals surface area contributed by atoms with E-state index in [-0.39, 0.29) is 0 Å². The lowest BCUT2D eigenvalue weighted by atomic mass is 9.77. The largest absolute Gasteiger partial charge is 0.312 e. The molecule has 0 saturated carbocycles. The lowest BCUT2D eigenvalue weighted by Gasteiger charge is -2.46. The summed E-state index contributed by atoms with van der Waals surface area (Å²) in [7, 11) is 0. The molecule has 1 unspecified atom stereocenters. The first-order chi connectivity index (χ1) is 7.12. The van der Waals surface area contributed by atoms with Gasteiger partial charge in [0.2, 0.25) is 0 Å². The van der Waals surface area contributed by atoms with Gasteiger partial charge in [-0.25, -0.2) is 0 Å². The van der Waals surface area contributed by atoms with Gasteiger partial charge in [-0.15, -0.1) is 0 Å². The minimum Gasteiger partial charge on any atom is -0.312 e. The summed E-state index contributed by atoms with van der Waals surface area (Å²) in [4.78, 5) is 2.62. The Balaban J connectivity index is 1.78. The molecule has 0 aliphatic carbocycles. The van der Waals surface area contributed by atoms with E-state index in [9.17, 15) is 0 Å². The molecule has 2 fully saturated rings. The van der Waals surface area contributed by atoms with Crippen LogP contribution in [0.25, 0.3) is 0 Å². The number of nitrogens with one attached hydrogen (secondary N) is 1. The second-order valence-corrected chi connectivity index (χ2v) is 6.09. The minimum absolute atomic E-state index is 0.496. The number of rotatable bonds is 3. The fourth-order valence-electron chi connectivity index (χ4n) is 2.92. The van der Waals surface area contributed by atoms with Crippen molar-refractivity contribution >= 4 is 0 Å². The molecule has 0 amide bonds. The third-order valence-corrected chi connectivity index (χ3v) is 4.38. The average Bonchev–Trinajstić information content (AvgIpc) is 2.12. The SMILES string of the molecule is CCC1CN(CC2NCCCC2(C)C)C1. The van der Waals surface area contributed by atoms with Gasteiger partial charge in [-0.05, 0) is 30.7 Å². The van der Waals surface area contributed by atoms with Crippen LogP contribution in [-0.2, 0) is 0 Å². The molecule has 1 N–H and O–H groups in total. The molecular weight excluding hydrogens is 184 g/mol. The zero-order valence-corrected chi connectivity index (χ0v) is 10.6. The molecule has 0 spiro atoms. The minimum atomic E-state index is 0.496. The van der Waals surface area contributed by atoms with Gasteiger partial charge in [-0.2, -0.15) is 0 Å². The van der Waals surface area contributed by atoms with Crippen molar-refractivity contribution in [2.45, 2.75) is 46.1 Å². The molecule has 0 radical (unpaired) electrons. The van der Waals surface area contributed by atoms with Crippen molar-refractivity contribution in [3.8, 4) is 0 Å². The van der Waals surface area contributed by atoms with Crippen molar-refractivity contribution in [3.63, 3.8) is 0 Å². The van der Waals surface area contributed by atoms with Crippen molar-refractivity contribution < 1.29 is 0 Å². The highest BCUT2D eigenvalue weighted by Crippen LogP contribution is 2.31. The first-order valence-electron chi connectivity index (χ1n) is 6.57. The maximum Gasteiger partial charge on any atom is 0.0246 e. The van der Waals surface area contributed by atoms with Gasteiger partial charge in [0.1, 0.15) is 0 Å². The Bertz CT molecular complexity index is 207. The Labute approximate surface area is 94.4 Å². The van der Waals surface area contributed by atoms with Crippen molar-refractivity contribution in [2.75, 3.05) is 26.2 Å². The zero-order valence-electron chi connectivity index (χ0n) is 10.6. The van der Waals surface area contributed by atoms with Crippen LogP contribution in [0.2, 0.25) is 0 Å². The highest BCUT2D eigenvalue weighted by Gasteiger charge is 2.35. The Morgan fingerprint density at radius 2 is 2.07 bits per heavy atom. The molecule has 2 aliphatic heterocycles. The fraction of sp³-hybridized carbons (Fsp3) is 1.00. The smallest absolute Gasteiger partial charge is 0.0246 e. The molecule has 2 heteroatoms. The normalized spacial score (nSPS) is 32.6. The number of hydrogen-bond acceptors (Lipinski definition) is 2. The van der Waals surface area contributed by atoms with Gasteiger partial charge in [0, 0.05) is 25.7 Å². The van der Waals surface area contributed by atoms with Crippen LogP contribution in [0.3, 0.4) is 0 Å². The molecule has 0 aromatic heterocycles. The summed E-state index contributed by atoms with van der Waals surface area (Å²) in [6.07, 6.45) is 4.09. The van der Waals surface area contributed by atoms with Crippen molar-refractivity contribution in [3.05, 3.63) is 0 Å². The van der Waals surface area contributed by atoms with E-state index in [0.717, 1.165) is 5.92 Å². The third kappa shape index (κ3) is 2.54. The summed E-state index contributed by atoms with van der Waals surface area (Å²) < 4.78 is 0. The van der Waals surface area contributed by atoms with Crippen LogP contribution < -0.4 is 5.32 Å². The molecule has 2 saturated heterocycles. The van der Waals surface area contributed by atoms with Gasteiger partial charge in [0.15, 0.2) is 0 Å². The maximum atomic E-state index is 3.70. The Hall–Kier alpha value is -0.0800. The number of hydrogen-bond donors (Lipinski definition) is 1. The van der Waals surface area contributed by atoms with Gasteiger partial charge in [-0.3, -0.25) is 0 Å². The summed E-state index contributed by atoms with van der Waals surface area (Å²) in [5.74, 6) is 0.983. The molecular formula is C13H26N2. The highest BCUT2D eigenvalue weighted by atomic mass is 15.2. The molecule has 0 bridgehead atoms. The van der Waals surface area contributed by atoms with E-state index in [1.165, 1.54) is 45.4 Å². The molecule has 0 aromatic rings. The van der Waals surface area contributed by atoms with Crippen LogP contribution >= 0.6 is 0 Å². The molecule has 88 valence electrons. The predicted molar refractivity (Wildman–Crippen MR) is 65.0 cm³/mol. The Morgan fingerprint density at radius 1 is 1.33 bits per heavy atom. The Morgan fingerprint density at radius 3 is 2.67 bits per heavy atom. The van der Waals surface area contributed by atoms with E-state index >= 15 is 0 Å². The summed E-state index contributed by atoms with van der Waals surface area (Å²) in [5.41, 5.74) is 0.496. The monoisotopic (exact) mass is 210 g/mol. The second kappa shape index (κ2) is 4.42. The van der Waals surface area contributed by atoms with Crippen molar-refractivity contribution in [1.82, 2.24) is 10.2 Å². The van der Waals surface area contributed by atoms with Crippen LogP contribution in [0.5, 0.6) is 0 Å². The first kappa shape index (κ1) is 11.4. The maximum absolute atomic E-state index is 3.70. The van der Waals surface area contributed by atoms with E-state index in [0.29, 0.717) is 11.5 Å². The lowest BCUT2D eigenvalue weighted by Crippen LogP contribution is -2.57. The van der Waals surface area contributed by atoms with Crippen LogP contribution in [0.15, 0.2) is 0 Å². The molecule has 0 aromatic carbocycles. The van der Waals surface area contributed by atoms with Gasteiger partial charge < -0.3 is 10.2 Å². The number of nitrogens with zero attached hydrogens (tertiary/aromatic N) is 1. The summed E-state index contributed by atoms with van der Waals surface area (Å²) in [6.45, 7) is 12.3. The van der Waals surface area contributed by atoms with Gasteiger partial charge >= 0.3 is 0 Å². The van der Waals surface area contributed by atoms with Crippen molar-refractivity contribution in [2.24, 2.45) is 11.3 Å². The van der Waals surface area contributed by atoms with Crippen molar-refractivity contribution in [1.29, 1.82) is 0 Å². The van der Waals surface area contributed by atoms with Crippen LogP contribution in [-0.4, -0.2) is 37.1 Å². The molecule has 1 atom stereocenters. The quantitative estimate of drug-likeness (QED) is 0.767. The van der Waals surface area contributed by atoms with Gasteiger partial charge in [0.25, 0.3) is 0 Å². The summed E-state index contributed by atoms with van der Waals surface area (Å²) >= 11 is 0. The lowest BCUT2D eigenvalue weighted by molar-refractivity contribution is 0.0507. The zero-order chi connectivity index (χ0) is 10.9. The molecule has 2 nitrogen and oxygen atoms in total.